The highest BCUT2D eigenvalue weighted by atomic mass is 79.9. The second-order valence-electron chi connectivity index (χ2n) is 4.92. The monoisotopic (exact) mass is 350 g/mol. The minimum Gasteiger partial charge on any atom is -0.352 e. The van der Waals surface area contributed by atoms with Crippen molar-refractivity contribution >= 4 is 37.5 Å². The predicted molar refractivity (Wildman–Crippen MR) is 82.2 cm³/mol. The Morgan fingerprint density at radius 3 is 2.68 bits per heavy atom. The first-order chi connectivity index (χ1) is 8.76. The van der Waals surface area contributed by atoms with Gasteiger partial charge in [0.1, 0.15) is 0 Å². The van der Waals surface area contributed by atoms with E-state index >= 15 is 0 Å². The molecular formula is C11H19BrN4O2S. The highest BCUT2D eigenvalue weighted by Crippen LogP contribution is 2.31. The number of nitrogens with one attached hydrogen (secondary N) is 1. The summed E-state index contributed by atoms with van der Waals surface area (Å²) in [6.45, 7) is 1.69. The number of sulfonamides is 1. The van der Waals surface area contributed by atoms with Gasteiger partial charge in [-0.25, -0.2) is 13.4 Å². The zero-order valence-electron chi connectivity index (χ0n) is 11.1. The Morgan fingerprint density at radius 2 is 2.16 bits per heavy atom. The lowest BCUT2D eigenvalue weighted by Gasteiger charge is -2.44. The predicted octanol–water partition coefficient (Wildman–Crippen LogP) is 1.21. The topological polar surface area (TPSA) is 65.5 Å². The first-order valence-electron chi connectivity index (χ1n) is 5.81. The van der Waals surface area contributed by atoms with E-state index in [1.165, 1.54) is 0 Å². The Balaban J connectivity index is 0.00000200. The van der Waals surface area contributed by atoms with E-state index in [0.717, 1.165) is 23.8 Å². The fraction of sp³-hybridized carbons (Fsp3) is 0.545. The molecular weight excluding hydrogens is 332 g/mol. The van der Waals surface area contributed by atoms with Crippen molar-refractivity contribution in [3.63, 3.8) is 0 Å². The standard InChI is InChI=1S/C11H17BrN4O2S.H2/c1-15(2)9-6-16(7-9)11-10(14-19(3,17)18)4-8(12)5-13-11;/h4-5,9,14H,6-7H2,1-3H3;1H. The normalized spacial score (nSPS) is 16.6. The molecule has 0 radical (unpaired) electrons. The number of hydrogen-bond acceptors (Lipinski definition) is 5. The maximum absolute atomic E-state index is 11.4. The third-order valence-electron chi connectivity index (χ3n) is 3.02. The molecule has 1 aromatic rings. The molecule has 2 rings (SSSR count). The highest BCUT2D eigenvalue weighted by Gasteiger charge is 2.31. The summed E-state index contributed by atoms with van der Waals surface area (Å²) in [5.41, 5.74) is 0.508. The zero-order chi connectivity index (χ0) is 14.2. The van der Waals surface area contributed by atoms with Crippen LogP contribution in [0.25, 0.3) is 0 Å². The summed E-state index contributed by atoms with van der Waals surface area (Å²) in [7, 11) is 0.757. The van der Waals surface area contributed by atoms with Crippen LogP contribution < -0.4 is 9.62 Å². The lowest BCUT2D eigenvalue weighted by Crippen LogP contribution is -2.57. The molecule has 0 amide bonds. The SMILES string of the molecule is CN(C)C1CN(c2ncc(Br)cc2NS(C)(=O)=O)C1.[HH]. The van der Waals surface area contributed by atoms with E-state index in [4.69, 9.17) is 0 Å². The van der Waals surface area contributed by atoms with Gasteiger partial charge in [0.25, 0.3) is 0 Å². The van der Waals surface area contributed by atoms with Crippen LogP contribution in [0, 0.1) is 0 Å². The maximum atomic E-state index is 11.4. The maximum Gasteiger partial charge on any atom is 0.229 e. The lowest BCUT2D eigenvalue weighted by molar-refractivity contribution is 0.246. The number of likely N-dealkylation sites (N-methyl/N-ethyl adjacent to an activating group) is 1. The third kappa shape index (κ3) is 3.58. The average Bonchev–Trinajstić information content (AvgIpc) is 2.15. The van der Waals surface area contributed by atoms with Crippen LogP contribution in [0.15, 0.2) is 16.7 Å². The first kappa shape index (κ1) is 14.5. The van der Waals surface area contributed by atoms with Gasteiger partial charge in [-0.2, -0.15) is 0 Å². The molecule has 0 saturated carbocycles. The van der Waals surface area contributed by atoms with Crippen molar-refractivity contribution in [2.75, 3.05) is 43.1 Å². The Morgan fingerprint density at radius 1 is 1.53 bits per heavy atom. The summed E-state index contributed by atoms with van der Waals surface area (Å²) in [4.78, 5) is 8.52. The van der Waals surface area contributed by atoms with Gasteiger partial charge in [0.05, 0.1) is 11.9 Å². The van der Waals surface area contributed by atoms with Crippen molar-refractivity contribution < 1.29 is 9.84 Å². The summed E-state index contributed by atoms with van der Waals surface area (Å²) in [6, 6.07) is 2.21. The van der Waals surface area contributed by atoms with Crippen LogP contribution in [0.1, 0.15) is 1.43 Å². The number of rotatable bonds is 4. The molecule has 0 unspecified atom stereocenters. The minimum atomic E-state index is -3.31. The first-order valence-corrected chi connectivity index (χ1v) is 8.49. The summed E-state index contributed by atoms with van der Waals surface area (Å²) in [5, 5.41) is 0. The van der Waals surface area contributed by atoms with Gasteiger partial charge in [-0.3, -0.25) is 4.72 Å². The van der Waals surface area contributed by atoms with Crippen molar-refractivity contribution in [2.45, 2.75) is 6.04 Å². The minimum absolute atomic E-state index is 0. The number of hydrogen-bond donors (Lipinski definition) is 1. The van der Waals surface area contributed by atoms with Crippen LogP contribution in [0.3, 0.4) is 0 Å². The van der Waals surface area contributed by atoms with Gasteiger partial charge in [-0.1, -0.05) is 0 Å². The Hall–Kier alpha value is -0.860. The van der Waals surface area contributed by atoms with Crippen LogP contribution in [0.4, 0.5) is 11.5 Å². The number of anilines is 2. The molecule has 1 N–H and O–H groups in total. The van der Waals surface area contributed by atoms with Gasteiger partial charge in [0, 0.05) is 31.2 Å². The second kappa shape index (κ2) is 5.26. The van der Waals surface area contributed by atoms with E-state index in [-0.39, 0.29) is 1.43 Å². The van der Waals surface area contributed by atoms with Gasteiger partial charge < -0.3 is 9.80 Å². The quantitative estimate of drug-likeness (QED) is 0.884. The van der Waals surface area contributed by atoms with Crippen molar-refractivity contribution in [2.24, 2.45) is 0 Å². The van der Waals surface area contributed by atoms with E-state index in [0.29, 0.717) is 17.5 Å². The molecule has 0 aliphatic carbocycles. The molecule has 0 aromatic carbocycles. The zero-order valence-corrected chi connectivity index (χ0v) is 13.5. The van der Waals surface area contributed by atoms with Gasteiger partial charge in [0.2, 0.25) is 10.0 Å². The van der Waals surface area contributed by atoms with Crippen LogP contribution in [0.2, 0.25) is 0 Å². The fourth-order valence-electron chi connectivity index (χ4n) is 1.91. The van der Waals surface area contributed by atoms with E-state index in [1.54, 1.807) is 12.3 Å². The Labute approximate surface area is 123 Å². The fourth-order valence-corrected chi connectivity index (χ4v) is 2.79. The molecule has 8 heteroatoms. The number of halogens is 1. The third-order valence-corrected chi connectivity index (χ3v) is 4.05. The summed E-state index contributed by atoms with van der Waals surface area (Å²) >= 11 is 3.30. The molecule has 1 saturated heterocycles. The number of nitrogens with zero attached hydrogens (tertiary/aromatic N) is 3. The van der Waals surface area contributed by atoms with Crippen LogP contribution in [-0.2, 0) is 10.0 Å². The Kier molecular flexibility index (Phi) is 4.03. The highest BCUT2D eigenvalue weighted by molar-refractivity contribution is 9.10. The second-order valence-corrected chi connectivity index (χ2v) is 7.59. The van der Waals surface area contributed by atoms with Gasteiger partial charge in [0.15, 0.2) is 5.82 Å². The van der Waals surface area contributed by atoms with E-state index in [1.807, 2.05) is 14.1 Å². The van der Waals surface area contributed by atoms with Crippen molar-refractivity contribution in [1.82, 2.24) is 9.88 Å². The molecule has 1 aliphatic rings. The lowest BCUT2D eigenvalue weighted by atomic mass is 10.1. The molecule has 1 fully saturated rings. The smallest absolute Gasteiger partial charge is 0.229 e. The van der Waals surface area contributed by atoms with Crippen molar-refractivity contribution in [3.05, 3.63) is 16.7 Å². The largest absolute Gasteiger partial charge is 0.352 e. The van der Waals surface area contributed by atoms with E-state index < -0.39 is 10.0 Å². The Bertz CT molecular complexity index is 576. The molecule has 0 bridgehead atoms. The van der Waals surface area contributed by atoms with Crippen LogP contribution in [0.5, 0.6) is 0 Å². The van der Waals surface area contributed by atoms with Crippen molar-refractivity contribution in [3.8, 4) is 0 Å². The van der Waals surface area contributed by atoms with Gasteiger partial charge in [-0.05, 0) is 36.1 Å². The molecule has 1 aliphatic heterocycles. The molecule has 19 heavy (non-hydrogen) atoms. The summed E-state index contributed by atoms with van der Waals surface area (Å²) in [5.74, 6) is 0.673. The molecule has 2 heterocycles. The molecule has 6 nitrogen and oxygen atoms in total. The average molecular weight is 351 g/mol. The van der Waals surface area contributed by atoms with Crippen LogP contribution >= 0.6 is 15.9 Å². The van der Waals surface area contributed by atoms with E-state index in [2.05, 4.69) is 35.4 Å². The van der Waals surface area contributed by atoms with Gasteiger partial charge >= 0.3 is 0 Å². The molecule has 0 atom stereocenters. The molecule has 0 spiro atoms. The summed E-state index contributed by atoms with van der Waals surface area (Å²) in [6.07, 6.45) is 2.81. The van der Waals surface area contributed by atoms with Crippen LogP contribution in [-0.4, -0.2) is 57.8 Å². The summed E-state index contributed by atoms with van der Waals surface area (Å²) < 4.78 is 26.0. The van der Waals surface area contributed by atoms with E-state index in [9.17, 15) is 8.42 Å². The number of aromatic nitrogens is 1. The number of pyridine rings is 1. The molecule has 1 aromatic heterocycles. The molecule has 108 valence electrons. The van der Waals surface area contributed by atoms with Crippen molar-refractivity contribution in [1.29, 1.82) is 0 Å². The van der Waals surface area contributed by atoms with Gasteiger partial charge in [-0.15, -0.1) is 0 Å².